The lowest BCUT2D eigenvalue weighted by atomic mass is 10.0. The van der Waals surface area contributed by atoms with Crippen molar-refractivity contribution in [2.45, 2.75) is 19.6 Å². The number of carbonyl (C=O) groups is 1. The van der Waals surface area contributed by atoms with Crippen molar-refractivity contribution in [3.63, 3.8) is 0 Å². The summed E-state index contributed by atoms with van der Waals surface area (Å²) in [5.74, 6) is 0.443. The first kappa shape index (κ1) is 24.6. The molecule has 2 fully saturated rings. The first-order valence-corrected chi connectivity index (χ1v) is 13.0. The fourth-order valence-electron chi connectivity index (χ4n) is 4.74. The summed E-state index contributed by atoms with van der Waals surface area (Å²) in [5.41, 5.74) is 11.0. The maximum Gasteiger partial charge on any atom is 0.251 e. The Morgan fingerprint density at radius 2 is 1.97 bits per heavy atom. The summed E-state index contributed by atoms with van der Waals surface area (Å²) in [6.45, 7) is 7.59. The highest BCUT2D eigenvalue weighted by atomic mass is 32.1. The van der Waals surface area contributed by atoms with Gasteiger partial charge in [-0.15, -0.1) is 11.3 Å². The van der Waals surface area contributed by atoms with E-state index in [1.807, 2.05) is 12.1 Å². The summed E-state index contributed by atoms with van der Waals surface area (Å²) in [6, 6.07) is 5.65. The van der Waals surface area contributed by atoms with Crippen molar-refractivity contribution in [1.29, 1.82) is 5.41 Å². The van der Waals surface area contributed by atoms with E-state index in [9.17, 15) is 9.90 Å². The number of aliphatic hydroxyl groups is 1. The Morgan fingerprint density at radius 1 is 1.22 bits per heavy atom. The number of nitrogen functional groups attached to an aromatic ring is 1. The monoisotopic (exact) mass is 509 g/mol. The molecule has 0 radical (unpaired) electrons. The zero-order chi connectivity index (χ0) is 25.2. The van der Waals surface area contributed by atoms with Crippen LogP contribution >= 0.6 is 11.3 Å². The number of aliphatic hydroxyl groups excluding tert-OH is 1. The molecule has 4 heterocycles. The summed E-state index contributed by atoms with van der Waals surface area (Å²) in [6.07, 6.45) is 0.319. The van der Waals surface area contributed by atoms with Crippen LogP contribution in [0.25, 0.3) is 21.5 Å². The van der Waals surface area contributed by atoms with Crippen molar-refractivity contribution in [2.75, 3.05) is 63.1 Å². The highest BCUT2D eigenvalue weighted by Gasteiger charge is 2.26. The fraction of sp³-hybridized carbons (Fsp3) is 0.440. The molecule has 2 aliphatic heterocycles. The number of nitrogens with one attached hydrogen (secondary N) is 1. The van der Waals surface area contributed by atoms with Crippen LogP contribution in [-0.4, -0.2) is 95.6 Å². The van der Waals surface area contributed by atoms with Gasteiger partial charge in [-0.05, 0) is 18.4 Å². The molecule has 1 aromatic carbocycles. The summed E-state index contributed by atoms with van der Waals surface area (Å²) in [7, 11) is 0. The third-order valence-electron chi connectivity index (χ3n) is 6.75. The quantitative estimate of drug-likeness (QED) is 0.339. The Bertz CT molecular complexity index is 1260. The minimum Gasteiger partial charge on any atom is -0.398 e. The number of nitrogens with two attached hydrogens (primary N) is 1. The van der Waals surface area contributed by atoms with E-state index in [-0.39, 0.29) is 5.91 Å². The van der Waals surface area contributed by atoms with E-state index in [0.717, 1.165) is 53.2 Å². The maximum absolute atomic E-state index is 12.1. The molecule has 36 heavy (non-hydrogen) atoms. The fourth-order valence-corrected chi connectivity index (χ4v) is 5.74. The predicted octanol–water partition coefficient (Wildman–Crippen LogP) is 1.80. The van der Waals surface area contributed by atoms with Crippen LogP contribution in [0.5, 0.6) is 0 Å². The molecule has 1 atom stereocenters. The number of aromatic nitrogens is 2. The third kappa shape index (κ3) is 4.79. The van der Waals surface area contributed by atoms with E-state index in [1.165, 1.54) is 13.1 Å². The van der Waals surface area contributed by atoms with Crippen LogP contribution in [0.3, 0.4) is 0 Å². The van der Waals surface area contributed by atoms with Gasteiger partial charge in [0.15, 0.2) is 0 Å². The number of rotatable bonds is 6. The molecule has 11 heteroatoms. The van der Waals surface area contributed by atoms with Gasteiger partial charge in [0.2, 0.25) is 5.95 Å². The zero-order valence-corrected chi connectivity index (χ0v) is 21.1. The van der Waals surface area contributed by atoms with Crippen LogP contribution < -0.4 is 10.6 Å². The van der Waals surface area contributed by atoms with Gasteiger partial charge in [-0.2, -0.15) is 0 Å². The van der Waals surface area contributed by atoms with Crippen LogP contribution in [-0.2, 0) is 16.1 Å². The molecular formula is C25H31N7O3S. The molecule has 2 aliphatic rings. The average Bonchev–Trinajstić information content (AvgIpc) is 3.31. The number of thiophene rings is 1. The highest BCUT2D eigenvalue weighted by molar-refractivity contribution is 7.17. The molecule has 190 valence electrons. The Morgan fingerprint density at radius 3 is 2.67 bits per heavy atom. The molecule has 5 rings (SSSR count). The van der Waals surface area contributed by atoms with Gasteiger partial charge in [0.1, 0.15) is 6.10 Å². The second-order valence-corrected chi connectivity index (χ2v) is 10.0. The van der Waals surface area contributed by atoms with Crippen molar-refractivity contribution in [1.82, 2.24) is 19.8 Å². The van der Waals surface area contributed by atoms with Gasteiger partial charge in [0.25, 0.3) is 5.91 Å². The molecule has 1 amide bonds. The van der Waals surface area contributed by atoms with Crippen molar-refractivity contribution in [3.8, 4) is 11.3 Å². The van der Waals surface area contributed by atoms with Gasteiger partial charge in [-0.1, -0.05) is 12.1 Å². The lowest BCUT2D eigenvalue weighted by molar-refractivity contribution is -0.141. The molecule has 0 bridgehead atoms. The van der Waals surface area contributed by atoms with E-state index >= 15 is 0 Å². The van der Waals surface area contributed by atoms with E-state index in [2.05, 4.69) is 15.2 Å². The number of hydrogen-bond donors (Lipinski definition) is 3. The first-order valence-electron chi connectivity index (χ1n) is 12.2. The first-order chi connectivity index (χ1) is 17.5. The van der Waals surface area contributed by atoms with Gasteiger partial charge >= 0.3 is 0 Å². The Hall–Kier alpha value is -3.12. The smallest absolute Gasteiger partial charge is 0.251 e. The lowest BCUT2D eigenvalue weighted by Crippen LogP contribution is -2.50. The van der Waals surface area contributed by atoms with Gasteiger partial charge in [0.05, 0.1) is 29.1 Å². The molecule has 3 aromatic rings. The third-order valence-corrected chi connectivity index (χ3v) is 7.77. The summed E-state index contributed by atoms with van der Waals surface area (Å²) in [4.78, 5) is 28.3. The molecule has 2 aromatic heterocycles. The summed E-state index contributed by atoms with van der Waals surface area (Å²) < 4.78 is 6.50. The Balaban J connectivity index is 1.50. The van der Waals surface area contributed by atoms with Crippen LogP contribution in [0.15, 0.2) is 23.6 Å². The van der Waals surface area contributed by atoms with E-state index in [1.54, 1.807) is 22.3 Å². The Kier molecular flexibility index (Phi) is 7.15. The second-order valence-electron chi connectivity index (χ2n) is 9.14. The minimum atomic E-state index is -0.969. The van der Waals surface area contributed by atoms with E-state index in [0.29, 0.717) is 50.0 Å². The van der Waals surface area contributed by atoms with Crippen LogP contribution in [0.4, 0.5) is 11.6 Å². The minimum absolute atomic E-state index is 0.215. The second kappa shape index (κ2) is 10.5. The Labute approximate surface area is 213 Å². The largest absolute Gasteiger partial charge is 0.398 e. The lowest BCUT2D eigenvalue weighted by Gasteiger charge is -2.35. The number of benzene rings is 1. The molecule has 10 nitrogen and oxygen atoms in total. The number of piperazine rings is 1. The molecule has 0 spiro atoms. The van der Waals surface area contributed by atoms with Crippen molar-refractivity contribution < 1.29 is 14.6 Å². The average molecular weight is 510 g/mol. The normalized spacial score (nSPS) is 17.9. The molecule has 0 unspecified atom stereocenters. The summed E-state index contributed by atoms with van der Waals surface area (Å²) in [5, 5.41) is 19.7. The number of ether oxygens (including phenoxy) is 1. The number of morpholine rings is 1. The topological polar surface area (TPSA) is 132 Å². The molecule has 2 saturated heterocycles. The van der Waals surface area contributed by atoms with Crippen molar-refractivity contribution in [3.05, 3.63) is 34.7 Å². The van der Waals surface area contributed by atoms with Crippen molar-refractivity contribution >= 4 is 45.3 Å². The summed E-state index contributed by atoms with van der Waals surface area (Å²) >= 11 is 1.61. The predicted molar refractivity (Wildman–Crippen MR) is 142 cm³/mol. The number of nitrogens with zero attached hydrogens (tertiary/aromatic N) is 5. The van der Waals surface area contributed by atoms with Crippen molar-refractivity contribution in [2.24, 2.45) is 0 Å². The standard InChI is InChI=1S/C25H31N7O3S/c1-16(33)24(34)31-7-5-30(6-8-31)14-17-15-36-23-21(17)28-25(32-9-11-35-12-10-32)29-22(23)18-3-2-4-20(27)19(18)13-26/h2-4,13,15-16,26,33H,5-12,14,27H2,1H3/t16-/m1/s1. The SMILES string of the molecule is C[C@@H](O)C(=O)N1CCN(Cc2csc3c(-c4cccc(N)c4C=N)nc(N4CCOCC4)nc23)CC1. The number of amides is 1. The zero-order valence-electron chi connectivity index (χ0n) is 20.3. The number of hydrogen-bond acceptors (Lipinski definition) is 10. The van der Waals surface area contributed by atoms with Gasteiger partial charge in [0, 0.05) is 74.4 Å². The van der Waals surface area contributed by atoms with Crippen LogP contribution in [0.2, 0.25) is 0 Å². The van der Waals surface area contributed by atoms with Gasteiger partial charge in [-0.25, -0.2) is 9.97 Å². The number of fused-ring (bicyclic) bond motifs is 1. The highest BCUT2D eigenvalue weighted by Crippen LogP contribution is 2.37. The van der Waals surface area contributed by atoms with Crippen LogP contribution in [0, 0.1) is 5.41 Å². The van der Waals surface area contributed by atoms with Gasteiger partial charge < -0.3 is 30.8 Å². The molecule has 4 N–H and O–H groups in total. The molecule has 0 aliphatic carbocycles. The van der Waals surface area contributed by atoms with Crippen LogP contribution in [0.1, 0.15) is 18.1 Å². The number of anilines is 2. The van der Waals surface area contributed by atoms with E-state index < -0.39 is 6.10 Å². The molecule has 0 saturated carbocycles. The van der Waals surface area contributed by atoms with E-state index in [4.69, 9.17) is 25.8 Å². The molecular weight excluding hydrogens is 478 g/mol. The maximum atomic E-state index is 12.1. The van der Waals surface area contributed by atoms with Gasteiger partial charge in [-0.3, -0.25) is 9.69 Å². The number of carbonyl (C=O) groups excluding carboxylic acids is 1.